The van der Waals surface area contributed by atoms with E-state index in [1.165, 1.54) is 29.2 Å². The first-order valence-corrected chi connectivity index (χ1v) is 9.43. The number of hydrogen-bond donors (Lipinski definition) is 0. The van der Waals surface area contributed by atoms with Crippen LogP contribution in [0.15, 0.2) is 64.7 Å². The summed E-state index contributed by atoms with van der Waals surface area (Å²) in [4.78, 5) is 27.8. The molecule has 0 unspecified atom stereocenters. The molecule has 0 aromatic heterocycles. The van der Waals surface area contributed by atoms with Crippen LogP contribution in [0.5, 0.6) is 0 Å². The van der Waals surface area contributed by atoms with Crippen molar-refractivity contribution < 1.29 is 18.7 Å². The molecule has 0 bridgehead atoms. The Kier molecular flexibility index (Phi) is 4.28. The first-order chi connectivity index (χ1) is 12.6. The molecule has 1 atom stereocenters. The van der Waals surface area contributed by atoms with Crippen molar-refractivity contribution in [3.63, 3.8) is 0 Å². The van der Waals surface area contributed by atoms with Gasteiger partial charge < -0.3 is 4.74 Å². The fourth-order valence-corrected chi connectivity index (χ4v) is 3.87. The predicted octanol–water partition coefficient (Wildman–Crippen LogP) is 3.88. The standard InChI is InChI=1S/C20H16FNO3S/c1-26-15-8-2-12(3-9-15)16-10-18(23)22(14-6-4-13(21)5-7-14)17-11-25-20(24)19(16)17/h2-9,16H,10-11H2,1H3/t16-/m0/s1. The quantitative estimate of drug-likeness (QED) is 0.609. The number of benzene rings is 2. The number of hydrogen-bond acceptors (Lipinski definition) is 4. The van der Waals surface area contributed by atoms with Crippen LogP contribution < -0.4 is 4.90 Å². The van der Waals surface area contributed by atoms with E-state index in [1.807, 2.05) is 30.5 Å². The zero-order chi connectivity index (χ0) is 18.3. The van der Waals surface area contributed by atoms with Crippen LogP contribution in [0.2, 0.25) is 0 Å². The first kappa shape index (κ1) is 16.8. The fourth-order valence-electron chi connectivity index (χ4n) is 3.46. The smallest absolute Gasteiger partial charge is 0.336 e. The molecule has 4 nitrogen and oxygen atoms in total. The molecule has 0 fully saturated rings. The average molecular weight is 369 g/mol. The number of halogens is 1. The van der Waals surface area contributed by atoms with E-state index in [9.17, 15) is 14.0 Å². The number of nitrogens with zero attached hydrogens (tertiary/aromatic N) is 1. The second kappa shape index (κ2) is 6.61. The molecule has 2 heterocycles. The SMILES string of the molecule is CSc1ccc([C@@H]2CC(=O)N(c3ccc(F)cc3)C3=C2C(=O)OC3)cc1. The number of anilines is 1. The van der Waals surface area contributed by atoms with E-state index in [2.05, 4.69) is 0 Å². The van der Waals surface area contributed by atoms with Gasteiger partial charge in [-0.3, -0.25) is 9.69 Å². The van der Waals surface area contributed by atoms with Gasteiger partial charge in [0.25, 0.3) is 0 Å². The van der Waals surface area contributed by atoms with Gasteiger partial charge in [-0.2, -0.15) is 0 Å². The van der Waals surface area contributed by atoms with Crippen molar-refractivity contribution >= 4 is 29.3 Å². The number of thioether (sulfide) groups is 1. The second-order valence-electron chi connectivity index (χ2n) is 6.17. The molecular formula is C20H16FNO3S. The monoisotopic (exact) mass is 369 g/mol. The maximum atomic E-state index is 13.2. The van der Waals surface area contributed by atoms with Gasteiger partial charge in [0.05, 0.1) is 11.3 Å². The number of amides is 1. The maximum Gasteiger partial charge on any atom is 0.336 e. The van der Waals surface area contributed by atoms with Crippen LogP contribution >= 0.6 is 11.8 Å². The molecule has 2 aromatic rings. The van der Waals surface area contributed by atoms with Crippen molar-refractivity contribution in [1.82, 2.24) is 0 Å². The molecule has 6 heteroatoms. The van der Waals surface area contributed by atoms with Gasteiger partial charge in [0.1, 0.15) is 12.4 Å². The van der Waals surface area contributed by atoms with Crippen molar-refractivity contribution in [3.05, 3.63) is 71.2 Å². The highest BCUT2D eigenvalue weighted by Crippen LogP contribution is 2.42. The molecule has 2 aromatic carbocycles. The summed E-state index contributed by atoms with van der Waals surface area (Å²) in [5, 5.41) is 0. The Hall–Kier alpha value is -2.60. The van der Waals surface area contributed by atoms with Gasteiger partial charge in [0.15, 0.2) is 0 Å². The van der Waals surface area contributed by atoms with E-state index in [-0.39, 0.29) is 30.7 Å². The summed E-state index contributed by atoms with van der Waals surface area (Å²) < 4.78 is 18.5. The Bertz CT molecular complexity index is 906. The Labute approximate surface area is 154 Å². The van der Waals surface area contributed by atoms with Crippen molar-refractivity contribution in [3.8, 4) is 0 Å². The third-order valence-electron chi connectivity index (χ3n) is 4.72. The van der Waals surface area contributed by atoms with Gasteiger partial charge in [-0.15, -0.1) is 11.8 Å². The van der Waals surface area contributed by atoms with E-state index < -0.39 is 5.97 Å². The molecule has 2 aliphatic heterocycles. The average Bonchev–Trinajstić information content (AvgIpc) is 3.04. The number of carbonyl (C=O) groups is 2. The van der Waals surface area contributed by atoms with Crippen LogP contribution in [-0.2, 0) is 14.3 Å². The van der Waals surface area contributed by atoms with Crippen LogP contribution in [0, 0.1) is 5.82 Å². The molecular weight excluding hydrogens is 353 g/mol. The third-order valence-corrected chi connectivity index (χ3v) is 5.46. The molecule has 1 amide bonds. The zero-order valence-corrected chi connectivity index (χ0v) is 14.9. The Balaban J connectivity index is 1.78. The van der Waals surface area contributed by atoms with Crippen molar-refractivity contribution in [1.29, 1.82) is 0 Å². The molecule has 0 radical (unpaired) electrons. The number of carbonyl (C=O) groups excluding carboxylic acids is 2. The number of rotatable bonds is 3. The molecule has 0 saturated heterocycles. The highest BCUT2D eigenvalue weighted by Gasteiger charge is 2.42. The molecule has 26 heavy (non-hydrogen) atoms. The third kappa shape index (κ3) is 2.80. The molecule has 0 N–H and O–H groups in total. The largest absolute Gasteiger partial charge is 0.456 e. The highest BCUT2D eigenvalue weighted by molar-refractivity contribution is 7.98. The van der Waals surface area contributed by atoms with E-state index in [1.54, 1.807) is 11.8 Å². The van der Waals surface area contributed by atoms with Crippen LogP contribution in [0.3, 0.4) is 0 Å². The summed E-state index contributed by atoms with van der Waals surface area (Å²) in [6, 6.07) is 13.5. The van der Waals surface area contributed by atoms with Crippen LogP contribution in [0.1, 0.15) is 17.9 Å². The summed E-state index contributed by atoms with van der Waals surface area (Å²) in [5.74, 6) is -1.22. The topological polar surface area (TPSA) is 46.6 Å². The lowest BCUT2D eigenvalue weighted by atomic mass is 9.84. The van der Waals surface area contributed by atoms with E-state index >= 15 is 0 Å². The van der Waals surface area contributed by atoms with Crippen molar-refractivity contribution in [2.45, 2.75) is 17.2 Å². The lowest BCUT2D eigenvalue weighted by molar-refractivity contribution is -0.136. The second-order valence-corrected chi connectivity index (χ2v) is 7.05. The minimum atomic E-state index is -0.390. The summed E-state index contributed by atoms with van der Waals surface area (Å²) in [6.45, 7) is 0.0523. The van der Waals surface area contributed by atoms with Gasteiger partial charge in [-0.25, -0.2) is 9.18 Å². The highest BCUT2D eigenvalue weighted by atomic mass is 32.2. The maximum absolute atomic E-state index is 13.2. The van der Waals surface area contributed by atoms with Gasteiger partial charge in [-0.05, 0) is 48.2 Å². The van der Waals surface area contributed by atoms with Gasteiger partial charge in [0, 0.05) is 22.9 Å². The van der Waals surface area contributed by atoms with Gasteiger partial charge in [0.2, 0.25) is 5.91 Å². The molecule has 2 aliphatic rings. The molecule has 0 aliphatic carbocycles. The van der Waals surface area contributed by atoms with Gasteiger partial charge in [-0.1, -0.05) is 12.1 Å². The van der Waals surface area contributed by atoms with Crippen molar-refractivity contribution in [2.75, 3.05) is 17.8 Å². The molecule has 0 saturated carbocycles. The van der Waals surface area contributed by atoms with E-state index in [4.69, 9.17) is 4.74 Å². The van der Waals surface area contributed by atoms with E-state index in [0.717, 1.165) is 10.5 Å². The minimum Gasteiger partial charge on any atom is -0.456 e. The van der Waals surface area contributed by atoms with Crippen LogP contribution in [-0.4, -0.2) is 24.7 Å². The van der Waals surface area contributed by atoms with Gasteiger partial charge >= 0.3 is 5.97 Å². The zero-order valence-electron chi connectivity index (χ0n) is 14.1. The normalized spacial score (nSPS) is 19.6. The molecule has 4 rings (SSSR count). The molecule has 0 spiro atoms. The van der Waals surface area contributed by atoms with Crippen LogP contribution in [0.25, 0.3) is 0 Å². The predicted molar refractivity (Wildman–Crippen MR) is 97.5 cm³/mol. The minimum absolute atomic E-state index is 0.0523. The summed E-state index contributed by atoms with van der Waals surface area (Å²) in [6.07, 6.45) is 2.17. The fraction of sp³-hybridized carbons (Fsp3) is 0.200. The Morgan fingerprint density at radius 2 is 1.77 bits per heavy atom. The molecule has 132 valence electrons. The number of cyclic esters (lactones) is 1. The summed E-state index contributed by atoms with van der Waals surface area (Å²) in [5.41, 5.74) is 2.53. The van der Waals surface area contributed by atoms with Crippen LogP contribution in [0.4, 0.5) is 10.1 Å². The first-order valence-electron chi connectivity index (χ1n) is 8.21. The van der Waals surface area contributed by atoms with Crippen molar-refractivity contribution in [2.24, 2.45) is 0 Å². The lowest BCUT2D eigenvalue weighted by Crippen LogP contribution is -2.37. The number of ether oxygens (including phenoxy) is 1. The summed E-state index contributed by atoms with van der Waals surface area (Å²) >= 11 is 1.63. The van der Waals surface area contributed by atoms with E-state index in [0.29, 0.717) is 17.0 Å². The Morgan fingerprint density at radius 3 is 2.42 bits per heavy atom. The summed E-state index contributed by atoms with van der Waals surface area (Å²) in [7, 11) is 0. The lowest BCUT2D eigenvalue weighted by Gasteiger charge is -2.31. The number of esters is 1. The Morgan fingerprint density at radius 1 is 1.08 bits per heavy atom.